The highest BCUT2D eigenvalue weighted by Crippen LogP contribution is 2.38. The van der Waals surface area contributed by atoms with Gasteiger partial charge >= 0.3 is 0 Å². The average Bonchev–Trinajstić information content (AvgIpc) is 3.38. The molecule has 2 aliphatic rings. The SMILES string of the molecule is C[C@H]1CCN(C(=O)CSc2nnc(-c3ccc4c(c3)OCO4)o2)c2ccccc2S1. The summed E-state index contributed by atoms with van der Waals surface area (Å²) in [6.45, 7) is 3.11. The van der Waals surface area contributed by atoms with Crippen LogP contribution in [0.5, 0.6) is 11.5 Å². The number of para-hydroxylation sites is 1. The smallest absolute Gasteiger partial charge is 0.277 e. The summed E-state index contributed by atoms with van der Waals surface area (Å²) >= 11 is 3.07. The van der Waals surface area contributed by atoms with E-state index in [2.05, 4.69) is 23.2 Å². The van der Waals surface area contributed by atoms with Crippen LogP contribution in [0.15, 0.2) is 57.0 Å². The Hall–Kier alpha value is -2.65. The summed E-state index contributed by atoms with van der Waals surface area (Å²) in [6.07, 6.45) is 0.949. The number of thioether (sulfide) groups is 2. The van der Waals surface area contributed by atoms with E-state index < -0.39 is 0 Å². The van der Waals surface area contributed by atoms with Gasteiger partial charge in [0.25, 0.3) is 5.22 Å². The molecule has 2 aliphatic heterocycles. The summed E-state index contributed by atoms with van der Waals surface area (Å²) in [6, 6.07) is 13.5. The van der Waals surface area contributed by atoms with Gasteiger partial charge in [-0.2, -0.15) is 0 Å². The summed E-state index contributed by atoms with van der Waals surface area (Å²) in [5.41, 5.74) is 1.72. The third-order valence-electron chi connectivity index (χ3n) is 4.89. The molecule has 3 heterocycles. The maximum Gasteiger partial charge on any atom is 0.277 e. The van der Waals surface area contributed by atoms with Crippen LogP contribution < -0.4 is 14.4 Å². The van der Waals surface area contributed by atoms with Crippen LogP contribution in [0.2, 0.25) is 0 Å². The Balaban J connectivity index is 1.27. The molecule has 3 aromatic rings. The lowest BCUT2D eigenvalue weighted by Gasteiger charge is -2.22. The first-order valence-corrected chi connectivity index (χ1v) is 11.5. The molecule has 0 radical (unpaired) electrons. The summed E-state index contributed by atoms with van der Waals surface area (Å²) in [7, 11) is 0. The first-order valence-electron chi connectivity index (χ1n) is 9.60. The summed E-state index contributed by atoms with van der Waals surface area (Å²) in [5, 5.41) is 9.01. The Morgan fingerprint density at radius 2 is 2.07 bits per heavy atom. The molecular weight excluding hydrogens is 422 g/mol. The Kier molecular flexibility index (Phi) is 5.30. The minimum atomic E-state index is 0.0324. The second kappa shape index (κ2) is 8.23. The minimum Gasteiger partial charge on any atom is -0.454 e. The maximum atomic E-state index is 13.0. The molecule has 0 saturated heterocycles. The molecule has 0 N–H and O–H groups in total. The number of carbonyl (C=O) groups is 1. The molecule has 0 aliphatic carbocycles. The van der Waals surface area contributed by atoms with E-state index in [1.54, 1.807) is 0 Å². The molecule has 2 aromatic carbocycles. The molecule has 7 nitrogen and oxygen atoms in total. The van der Waals surface area contributed by atoms with Gasteiger partial charge in [0, 0.05) is 22.3 Å². The van der Waals surface area contributed by atoms with Gasteiger partial charge in [0.2, 0.25) is 18.6 Å². The molecule has 1 aromatic heterocycles. The van der Waals surface area contributed by atoms with Crippen LogP contribution in [0.1, 0.15) is 13.3 Å². The minimum absolute atomic E-state index is 0.0324. The van der Waals surface area contributed by atoms with Crippen molar-refractivity contribution in [3.63, 3.8) is 0 Å². The Bertz CT molecular complexity index is 1090. The highest BCUT2D eigenvalue weighted by atomic mass is 32.2. The topological polar surface area (TPSA) is 77.7 Å². The number of carbonyl (C=O) groups excluding carboxylic acids is 1. The predicted molar refractivity (Wildman–Crippen MR) is 115 cm³/mol. The van der Waals surface area contributed by atoms with Crippen molar-refractivity contribution in [2.24, 2.45) is 0 Å². The van der Waals surface area contributed by atoms with Gasteiger partial charge < -0.3 is 18.8 Å². The van der Waals surface area contributed by atoms with Crippen molar-refractivity contribution in [1.29, 1.82) is 0 Å². The highest BCUT2D eigenvalue weighted by Gasteiger charge is 2.25. The first kappa shape index (κ1) is 19.3. The van der Waals surface area contributed by atoms with Gasteiger partial charge in [0.15, 0.2) is 11.5 Å². The number of rotatable bonds is 4. The van der Waals surface area contributed by atoms with E-state index in [0.717, 1.165) is 22.6 Å². The van der Waals surface area contributed by atoms with Gasteiger partial charge in [-0.3, -0.25) is 4.79 Å². The van der Waals surface area contributed by atoms with E-state index in [0.29, 0.717) is 34.4 Å². The van der Waals surface area contributed by atoms with Crippen molar-refractivity contribution in [2.75, 3.05) is 24.0 Å². The van der Waals surface area contributed by atoms with Crippen molar-refractivity contribution in [1.82, 2.24) is 10.2 Å². The second-order valence-corrected chi connectivity index (χ2v) is 9.37. The lowest BCUT2D eigenvalue weighted by Crippen LogP contribution is -2.33. The standard InChI is InChI=1S/C21H19N3O4S2/c1-13-8-9-24(15-4-2-3-5-18(15)30-13)19(25)11-29-21-23-22-20(28-21)14-6-7-16-17(10-14)27-12-26-16/h2-7,10,13H,8-9,11-12H2,1H3/t13-/m0/s1. The van der Waals surface area contributed by atoms with Gasteiger partial charge in [0.1, 0.15) is 0 Å². The summed E-state index contributed by atoms with van der Waals surface area (Å²) < 4.78 is 16.5. The number of hydrogen-bond donors (Lipinski definition) is 0. The van der Waals surface area contributed by atoms with Crippen molar-refractivity contribution in [3.8, 4) is 23.0 Å². The maximum absolute atomic E-state index is 13.0. The molecular formula is C21H19N3O4S2. The van der Waals surface area contributed by atoms with E-state index in [1.165, 1.54) is 11.8 Å². The Morgan fingerprint density at radius 3 is 3.00 bits per heavy atom. The number of ether oxygens (including phenoxy) is 2. The zero-order valence-corrected chi connectivity index (χ0v) is 17.9. The third kappa shape index (κ3) is 3.87. The van der Waals surface area contributed by atoms with E-state index in [-0.39, 0.29) is 18.5 Å². The lowest BCUT2D eigenvalue weighted by molar-refractivity contribution is -0.116. The van der Waals surface area contributed by atoms with Crippen molar-refractivity contribution in [2.45, 2.75) is 28.7 Å². The fraction of sp³-hybridized carbons (Fsp3) is 0.286. The summed E-state index contributed by atoms with van der Waals surface area (Å²) in [4.78, 5) is 16.0. The molecule has 1 amide bonds. The summed E-state index contributed by atoms with van der Waals surface area (Å²) in [5.74, 6) is 2.00. The quantitative estimate of drug-likeness (QED) is 0.549. The monoisotopic (exact) mass is 441 g/mol. The van der Waals surface area contributed by atoms with Crippen molar-refractivity contribution < 1.29 is 18.7 Å². The molecule has 5 rings (SSSR count). The third-order valence-corrected chi connectivity index (χ3v) is 6.93. The number of fused-ring (bicyclic) bond motifs is 2. The van der Waals surface area contributed by atoms with Crippen LogP contribution in [0.3, 0.4) is 0 Å². The van der Waals surface area contributed by atoms with Gasteiger partial charge in [-0.1, -0.05) is 30.8 Å². The molecule has 154 valence electrons. The average molecular weight is 442 g/mol. The number of aromatic nitrogens is 2. The van der Waals surface area contributed by atoms with Crippen LogP contribution in [0.25, 0.3) is 11.5 Å². The second-order valence-electron chi connectivity index (χ2n) is 6.96. The molecule has 1 atom stereocenters. The zero-order chi connectivity index (χ0) is 20.5. The zero-order valence-electron chi connectivity index (χ0n) is 16.2. The largest absolute Gasteiger partial charge is 0.454 e. The lowest BCUT2D eigenvalue weighted by atomic mass is 10.2. The van der Waals surface area contributed by atoms with E-state index in [9.17, 15) is 4.79 Å². The fourth-order valence-electron chi connectivity index (χ4n) is 3.36. The number of hydrogen-bond acceptors (Lipinski definition) is 8. The molecule has 30 heavy (non-hydrogen) atoms. The highest BCUT2D eigenvalue weighted by molar-refractivity contribution is 8.00. The molecule has 0 saturated carbocycles. The van der Waals surface area contributed by atoms with Gasteiger partial charge in [-0.25, -0.2) is 0 Å². The number of nitrogens with zero attached hydrogens (tertiary/aromatic N) is 3. The predicted octanol–water partition coefficient (Wildman–Crippen LogP) is 4.47. The van der Waals surface area contributed by atoms with Gasteiger partial charge in [0.05, 0.1) is 11.4 Å². The normalized spacial score (nSPS) is 17.5. The van der Waals surface area contributed by atoms with Gasteiger partial charge in [-0.05, 0) is 36.8 Å². The molecule has 0 unspecified atom stereocenters. The number of amides is 1. The van der Waals surface area contributed by atoms with Crippen LogP contribution in [0.4, 0.5) is 5.69 Å². The fourth-order valence-corrected chi connectivity index (χ4v) is 5.11. The van der Waals surface area contributed by atoms with Crippen LogP contribution in [-0.4, -0.2) is 40.4 Å². The number of benzene rings is 2. The van der Waals surface area contributed by atoms with Gasteiger partial charge in [-0.15, -0.1) is 22.0 Å². The van der Waals surface area contributed by atoms with Crippen LogP contribution >= 0.6 is 23.5 Å². The molecule has 9 heteroatoms. The molecule has 0 fully saturated rings. The van der Waals surface area contributed by atoms with Crippen molar-refractivity contribution in [3.05, 3.63) is 42.5 Å². The van der Waals surface area contributed by atoms with Crippen LogP contribution in [-0.2, 0) is 4.79 Å². The van der Waals surface area contributed by atoms with Crippen molar-refractivity contribution >= 4 is 35.1 Å². The van der Waals surface area contributed by atoms with Crippen LogP contribution in [0, 0.1) is 0 Å². The Labute approximate surface area is 182 Å². The number of anilines is 1. The molecule has 0 bridgehead atoms. The Morgan fingerprint density at radius 1 is 1.20 bits per heavy atom. The van der Waals surface area contributed by atoms with E-state index >= 15 is 0 Å². The van der Waals surface area contributed by atoms with E-state index in [4.69, 9.17) is 13.9 Å². The first-order chi connectivity index (χ1) is 14.7. The molecule has 0 spiro atoms. The van der Waals surface area contributed by atoms with E-state index in [1.807, 2.05) is 53.1 Å².